The highest BCUT2D eigenvalue weighted by molar-refractivity contribution is 7.97. The molecular weight excluding hydrogens is 318 g/mol. The first-order chi connectivity index (χ1) is 10.9. The average Bonchev–Trinajstić information content (AvgIpc) is 2.49. The summed E-state index contributed by atoms with van der Waals surface area (Å²) in [4.78, 5) is 41.5. The zero-order valence-electron chi connectivity index (χ0n) is 12.5. The number of nitrogens with one attached hydrogen (secondary N) is 2. The van der Waals surface area contributed by atoms with Crippen molar-refractivity contribution in [2.75, 3.05) is 11.6 Å². The molecule has 0 aliphatic heterocycles. The van der Waals surface area contributed by atoms with Crippen molar-refractivity contribution in [3.63, 3.8) is 0 Å². The zero-order valence-corrected chi connectivity index (χ0v) is 13.4. The highest BCUT2D eigenvalue weighted by Gasteiger charge is 2.13. The maximum Gasteiger partial charge on any atom is 0.335 e. The lowest BCUT2D eigenvalue weighted by atomic mass is 10.1. The molecule has 1 aromatic heterocycles. The second kappa shape index (κ2) is 7.10. The van der Waals surface area contributed by atoms with Gasteiger partial charge in [-0.15, -0.1) is 0 Å². The molecule has 0 radical (unpaired) electrons. The van der Waals surface area contributed by atoms with Gasteiger partial charge in [0.15, 0.2) is 0 Å². The highest BCUT2D eigenvalue weighted by atomic mass is 32.2. The molecule has 0 saturated heterocycles. The number of aromatic nitrogens is 2. The monoisotopic (exact) mass is 333 g/mol. The second-order valence-corrected chi connectivity index (χ2v) is 5.67. The number of anilines is 1. The first-order valence-corrected chi connectivity index (χ1v) is 8.04. The number of carbonyl (C=O) groups excluding carboxylic acids is 1. The van der Waals surface area contributed by atoms with E-state index >= 15 is 0 Å². The van der Waals surface area contributed by atoms with E-state index in [-0.39, 0.29) is 11.3 Å². The van der Waals surface area contributed by atoms with Crippen molar-refractivity contribution in [1.82, 2.24) is 9.97 Å². The van der Waals surface area contributed by atoms with Gasteiger partial charge in [-0.3, -0.25) is 9.59 Å². The lowest BCUT2D eigenvalue weighted by Crippen LogP contribution is -2.20. The molecule has 2 rings (SSSR count). The Bertz CT molecular complexity index is 817. The van der Waals surface area contributed by atoms with Crippen LogP contribution in [0.15, 0.2) is 29.1 Å². The normalized spacial score (nSPS) is 10.3. The van der Waals surface area contributed by atoms with E-state index in [9.17, 15) is 14.4 Å². The highest BCUT2D eigenvalue weighted by Crippen LogP contribution is 2.17. The van der Waals surface area contributed by atoms with Crippen molar-refractivity contribution in [3.05, 3.63) is 57.3 Å². The minimum absolute atomic E-state index is 0.0158. The topological polar surface area (TPSA) is 112 Å². The fourth-order valence-electron chi connectivity index (χ4n) is 1.91. The second-order valence-electron chi connectivity index (χ2n) is 4.80. The van der Waals surface area contributed by atoms with Gasteiger partial charge in [-0.1, -0.05) is 6.07 Å². The van der Waals surface area contributed by atoms with Crippen LogP contribution >= 0.6 is 11.8 Å². The number of rotatable bonds is 5. The first-order valence-electron chi connectivity index (χ1n) is 6.65. The molecular formula is C15H15N3O4S. The van der Waals surface area contributed by atoms with Crippen LogP contribution < -0.4 is 10.9 Å². The molecule has 23 heavy (non-hydrogen) atoms. The first kappa shape index (κ1) is 16.8. The number of carbonyl (C=O) groups is 2. The van der Waals surface area contributed by atoms with Gasteiger partial charge in [-0.25, -0.2) is 9.78 Å². The Morgan fingerprint density at radius 1 is 1.35 bits per heavy atom. The number of H-pyrrole nitrogens is 1. The average molecular weight is 333 g/mol. The number of aryl methyl sites for hydroxylation is 1. The quantitative estimate of drug-likeness (QED) is 0.770. The SMILES string of the molecule is CSCc1nc(C(=O)Nc2cc(C(=O)O)ccc2C)cc(=O)[nH]1. The predicted molar refractivity (Wildman–Crippen MR) is 88.2 cm³/mol. The molecule has 120 valence electrons. The molecule has 0 fully saturated rings. The van der Waals surface area contributed by atoms with Crippen molar-refractivity contribution >= 4 is 29.3 Å². The summed E-state index contributed by atoms with van der Waals surface area (Å²) in [6.07, 6.45) is 1.85. The van der Waals surface area contributed by atoms with Crippen molar-refractivity contribution in [2.24, 2.45) is 0 Å². The molecule has 1 aromatic carbocycles. The summed E-state index contributed by atoms with van der Waals surface area (Å²) in [5.74, 6) is -0.767. The van der Waals surface area contributed by atoms with E-state index in [4.69, 9.17) is 5.11 Å². The molecule has 0 saturated carbocycles. The molecule has 0 bridgehead atoms. The van der Waals surface area contributed by atoms with Crippen molar-refractivity contribution in [3.8, 4) is 0 Å². The van der Waals surface area contributed by atoms with E-state index in [1.807, 2.05) is 6.26 Å². The number of carboxylic acid groups (broad SMARTS) is 1. The molecule has 0 spiro atoms. The number of benzene rings is 1. The van der Waals surface area contributed by atoms with Crippen LogP contribution in [0, 0.1) is 6.92 Å². The summed E-state index contributed by atoms with van der Waals surface area (Å²) in [5, 5.41) is 11.6. The number of amides is 1. The summed E-state index contributed by atoms with van der Waals surface area (Å²) in [6.45, 7) is 1.74. The molecule has 0 aliphatic carbocycles. The molecule has 0 aliphatic rings. The standard InChI is InChI=1S/C15H15N3O4S/c1-8-3-4-9(15(21)22)5-10(8)17-14(20)11-6-13(19)18-12(16-11)7-23-2/h3-6H,7H2,1-2H3,(H,17,20)(H,21,22)(H,16,18,19). The minimum atomic E-state index is -1.09. The van der Waals surface area contributed by atoms with Crippen LogP contribution in [-0.2, 0) is 5.75 Å². The third kappa shape index (κ3) is 4.19. The van der Waals surface area contributed by atoms with Crippen LogP contribution in [0.3, 0.4) is 0 Å². The Hall–Kier alpha value is -2.61. The lowest BCUT2D eigenvalue weighted by molar-refractivity contribution is 0.0696. The van der Waals surface area contributed by atoms with E-state index in [1.54, 1.807) is 13.0 Å². The zero-order chi connectivity index (χ0) is 17.0. The Balaban J connectivity index is 2.30. The third-order valence-electron chi connectivity index (χ3n) is 3.04. The van der Waals surface area contributed by atoms with Gasteiger partial charge in [0, 0.05) is 11.8 Å². The van der Waals surface area contributed by atoms with Crippen LogP contribution in [0.25, 0.3) is 0 Å². The number of thioether (sulfide) groups is 1. The molecule has 7 nitrogen and oxygen atoms in total. The van der Waals surface area contributed by atoms with Crippen LogP contribution in [0.1, 0.15) is 32.2 Å². The predicted octanol–water partition coefficient (Wildman–Crippen LogP) is 1.89. The van der Waals surface area contributed by atoms with E-state index in [0.717, 1.165) is 6.07 Å². The van der Waals surface area contributed by atoms with E-state index in [1.165, 1.54) is 23.9 Å². The Kier molecular flexibility index (Phi) is 5.17. The Morgan fingerprint density at radius 2 is 2.09 bits per heavy atom. The van der Waals surface area contributed by atoms with Gasteiger partial charge in [-0.05, 0) is 30.9 Å². The number of nitrogens with zero attached hydrogens (tertiary/aromatic N) is 1. The van der Waals surface area contributed by atoms with Crippen molar-refractivity contribution < 1.29 is 14.7 Å². The number of aromatic amines is 1. The number of hydrogen-bond donors (Lipinski definition) is 3. The fraction of sp³-hybridized carbons (Fsp3) is 0.200. The van der Waals surface area contributed by atoms with Crippen LogP contribution in [0.5, 0.6) is 0 Å². The molecule has 0 atom stereocenters. The van der Waals surface area contributed by atoms with Crippen molar-refractivity contribution in [2.45, 2.75) is 12.7 Å². The van der Waals surface area contributed by atoms with E-state index in [2.05, 4.69) is 15.3 Å². The molecule has 1 amide bonds. The van der Waals surface area contributed by atoms with Gasteiger partial charge in [0.25, 0.3) is 11.5 Å². The summed E-state index contributed by atoms with van der Waals surface area (Å²) >= 11 is 1.47. The summed E-state index contributed by atoms with van der Waals surface area (Å²) in [6, 6.07) is 5.53. The Morgan fingerprint density at radius 3 is 2.74 bits per heavy atom. The molecule has 3 N–H and O–H groups in total. The maximum atomic E-state index is 12.3. The van der Waals surface area contributed by atoms with Crippen LogP contribution in [0.4, 0.5) is 5.69 Å². The lowest BCUT2D eigenvalue weighted by Gasteiger charge is -2.09. The number of hydrogen-bond acceptors (Lipinski definition) is 5. The number of aromatic carboxylic acids is 1. The van der Waals surface area contributed by atoms with Gasteiger partial charge in [-0.2, -0.15) is 11.8 Å². The van der Waals surface area contributed by atoms with E-state index in [0.29, 0.717) is 22.8 Å². The van der Waals surface area contributed by atoms with Crippen molar-refractivity contribution in [1.29, 1.82) is 0 Å². The molecule has 2 aromatic rings. The minimum Gasteiger partial charge on any atom is -0.478 e. The summed E-state index contributed by atoms with van der Waals surface area (Å²) in [7, 11) is 0. The van der Waals surface area contributed by atoms with Gasteiger partial charge in [0.1, 0.15) is 11.5 Å². The van der Waals surface area contributed by atoms with E-state index < -0.39 is 17.4 Å². The van der Waals surface area contributed by atoms with Gasteiger partial charge in [0.2, 0.25) is 0 Å². The third-order valence-corrected chi connectivity index (χ3v) is 3.60. The van der Waals surface area contributed by atoms with Gasteiger partial charge in [0.05, 0.1) is 11.3 Å². The van der Waals surface area contributed by atoms with Gasteiger partial charge >= 0.3 is 5.97 Å². The largest absolute Gasteiger partial charge is 0.478 e. The van der Waals surface area contributed by atoms with Gasteiger partial charge < -0.3 is 15.4 Å². The summed E-state index contributed by atoms with van der Waals surface area (Å²) in [5.41, 5.74) is 0.705. The maximum absolute atomic E-state index is 12.3. The summed E-state index contributed by atoms with van der Waals surface area (Å²) < 4.78 is 0. The van der Waals surface area contributed by atoms with Crippen LogP contribution in [-0.4, -0.2) is 33.2 Å². The number of carboxylic acids is 1. The molecule has 1 heterocycles. The molecule has 0 unspecified atom stereocenters. The molecule has 8 heteroatoms. The smallest absolute Gasteiger partial charge is 0.335 e. The van der Waals surface area contributed by atoms with Crippen LogP contribution in [0.2, 0.25) is 0 Å². The fourth-order valence-corrected chi connectivity index (χ4v) is 2.32. The Labute approximate surface area is 136 Å².